The van der Waals surface area contributed by atoms with Crippen LogP contribution in [-0.2, 0) is 14.0 Å². The Labute approximate surface area is 152 Å². The molecule has 0 radical (unpaired) electrons. The average Bonchev–Trinajstić information content (AvgIpc) is 2.52. The third kappa shape index (κ3) is 3.32. The standard InChI is InChI=1S/C20H31NO3Si/c1-13(2)25(14(3)4,15(5)6)24-19-18(17-11-9-8-10-12-17)21(16(7)22)20(19)23/h8-15,18-19H,1-7H3. The zero-order chi connectivity index (χ0) is 18.9. The lowest BCUT2D eigenvalue weighted by Gasteiger charge is -2.52. The molecule has 2 atom stereocenters. The number of β-lactam (4-membered cyclic amide) rings is 1. The molecule has 1 saturated heterocycles. The molecule has 138 valence electrons. The SMILES string of the molecule is CC(=O)N1C(=O)C(O[Si](C(C)C)(C(C)C)C(C)C)C1c1ccccc1. The summed E-state index contributed by atoms with van der Waals surface area (Å²) in [6, 6.07) is 9.43. The van der Waals surface area contributed by atoms with Crippen LogP contribution >= 0.6 is 0 Å². The maximum atomic E-state index is 12.7. The molecule has 1 aliphatic rings. The largest absolute Gasteiger partial charge is 0.402 e. The molecule has 1 aromatic rings. The number of imide groups is 1. The minimum absolute atomic E-state index is 0.194. The van der Waals surface area contributed by atoms with Gasteiger partial charge in [-0.15, -0.1) is 0 Å². The summed E-state index contributed by atoms with van der Waals surface area (Å²) < 4.78 is 6.71. The van der Waals surface area contributed by atoms with E-state index in [1.165, 1.54) is 11.8 Å². The van der Waals surface area contributed by atoms with Crippen molar-refractivity contribution in [2.24, 2.45) is 0 Å². The van der Waals surface area contributed by atoms with Crippen LogP contribution < -0.4 is 0 Å². The second kappa shape index (κ2) is 7.42. The summed E-state index contributed by atoms with van der Waals surface area (Å²) in [5.41, 5.74) is 2.13. The van der Waals surface area contributed by atoms with Crippen molar-refractivity contribution in [3.8, 4) is 0 Å². The first-order valence-corrected chi connectivity index (χ1v) is 11.3. The van der Waals surface area contributed by atoms with Crippen LogP contribution in [0.3, 0.4) is 0 Å². The van der Waals surface area contributed by atoms with Crippen molar-refractivity contribution in [2.45, 2.75) is 77.2 Å². The van der Waals surface area contributed by atoms with E-state index in [9.17, 15) is 9.59 Å². The summed E-state index contributed by atoms with van der Waals surface area (Å²) in [7, 11) is -2.20. The highest BCUT2D eigenvalue weighted by Gasteiger charge is 2.57. The molecular formula is C20H31NO3Si. The van der Waals surface area contributed by atoms with Crippen molar-refractivity contribution < 1.29 is 14.0 Å². The summed E-state index contributed by atoms with van der Waals surface area (Å²) in [6.07, 6.45) is -0.551. The minimum atomic E-state index is -2.20. The zero-order valence-corrected chi connectivity index (χ0v) is 17.4. The minimum Gasteiger partial charge on any atom is -0.402 e. The van der Waals surface area contributed by atoms with Crippen LogP contribution in [0.1, 0.15) is 60.1 Å². The fourth-order valence-electron chi connectivity index (χ4n) is 4.53. The molecule has 25 heavy (non-hydrogen) atoms. The van der Waals surface area contributed by atoms with E-state index in [0.717, 1.165) is 5.56 Å². The third-order valence-corrected chi connectivity index (χ3v) is 11.6. The molecule has 0 N–H and O–H groups in total. The highest BCUT2D eigenvalue weighted by molar-refractivity contribution is 6.77. The van der Waals surface area contributed by atoms with Gasteiger partial charge >= 0.3 is 0 Å². The number of benzene rings is 1. The van der Waals surface area contributed by atoms with Crippen LogP contribution in [0.5, 0.6) is 0 Å². The Balaban J connectivity index is 2.42. The number of nitrogens with zero attached hydrogens (tertiary/aromatic N) is 1. The number of hydrogen-bond acceptors (Lipinski definition) is 3. The van der Waals surface area contributed by atoms with E-state index in [1.807, 2.05) is 30.3 Å². The number of rotatable bonds is 6. The molecule has 5 heteroatoms. The molecule has 4 nitrogen and oxygen atoms in total. The van der Waals surface area contributed by atoms with Crippen molar-refractivity contribution in [3.05, 3.63) is 35.9 Å². The molecule has 0 aromatic heterocycles. The molecule has 1 heterocycles. The molecule has 0 spiro atoms. The van der Waals surface area contributed by atoms with E-state index >= 15 is 0 Å². The number of amides is 2. The first-order valence-electron chi connectivity index (χ1n) is 9.20. The number of carbonyl (C=O) groups excluding carboxylic acids is 2. The van der Waals surface area contributed by atoms with Gasteiger partial charge in [-0.25, -0.2) is 0 Å². The monoisotopic (exact) mass is 361 g/mol. The van der Waals surface area contributed by atoms with Gasteiger partial charge in [0.1, 0.15) is 0 Å². The van der Waals surface area contributed by atoms with Crippen LogP contribution in [0.2, 0.25) is 16.6 Å². The van der Waals surface area contributed by atoms with E-state index in [0.29, 0.717) is 16.6 Å². The first kappa shape index (κ1) is 19.9. The van der Waals surface area contributed by atoms with Gasteiger partial charge in [0, 0.05) is 6.92 Å². The first-order chi connectivity index (χ1) is 11.6. The Bertz CT molecular complexity index is 605. The van der Waals surface area contributed by atoms with Gasteiger partial charge in [-0.3, -0.25) is 14.5 Å². The van der Waals surface area contributed by atoms with Crippen molar-refractivity contribution in [1.29, 1.82) is 0 Å². The molecule has 2 rings (SSSR count). The van der Waals surface area contributed by atoms with E-state index in [2.05, 4.69) is 41.5 Å². The maximum Gasteiger partial charge on any atom is 0.260 e. The normalized spacial score (nSPS) is 21.2. The van der Waals surface area contributed by atoms with E-state index in [-0.39, 0.29) is 17.9 Å². The molecule has 2 amide bonds. The molecule has 0 aliphatic carbocycles. The van der Waals surface area contributed by atoms with Gasteiger partial charge in [0.15, 0.2) is 6.10 Å². The topological polar surface area (TPSA) is 46.6 Å². The second-order valence-electron chi connectivity index (χ2n) is 7.94. The van der Waals surface area contributed by atoms with Crippen LogP contribution in [0.4, 0.5) is 0 Å². The molecule has 1 aromatic carbocycles. The smallest absolute Gasteiger partial charge is 0.260 e. The lowest BCUT2D eigenvalue weighted by atomic mass is 9.91. The van der Waals surface area contributed by atoms with Gasteiger partial charge in [0.2, 0.25) is 14.2 Å². The molecule has 2 unspecified atom stereocenters. The fourth-order valence-corrected chi connectivity index (χ4v) is 10.0. The summed E-state index contributed by atoms with van der Waals surface area (Å²) >= 11 is 0. The van der Waals surface area contributed by atoms with Crippen molar-refractivity contribution in [3.63, 3.8) is 0 Å². The lowest BCUT2D eigenvalue weighted by molar-refractivity contribution is -0.172. The van der Waals surface area contributed by atoms with Crippen LogP contribution in [-0.4, -0.2) is 31.1 Å². The molecule has 1 aliphatic heterocycles. The predicted molar refractivity (Wildman–Crippen MR) is 103 cm³/mol. The highest BCUT2D eigenvalue weighted by atomic mass is 28.4. The molecule has 0 saturated carbocycles. The number of likely N-dealkylation sites (tertiary alicyclic amines) is 1. The summed E-state index contributed by atoms with van der Waals surface area (Å²) in [5.74, 6) is -0.412. The summed E-state index contributed by atoms with van der Waals surface area (Å²) in [6.45, 7) is 14.7. The lowest BCUT2D eigenvalue weighted by Crippen LogP contribution is -2.65. The van der Waals surface area contributed by atoms with E-state index < -0.39 is 14.4 Å². The van der Waals surface area contributed by atoms with E-state index in [1.54, 1.807) is 0 Å². The van der Waals surface area contributed by atoms with Gasteiger partial charge in [0.25, 0.3) is 5.91 Å². The van der Waals surface area contributed by atoms with Crippen molar-refractivity contribution in [1.82, 2.24) is 4.90 Å². The number of hydrogen-bond donors (Lipinski definition) is 0. The molecule has 0 bridgehead atoms. The summed E-state index contributed by atoms with van der Waals surface area (Å²) in [5, 5.41) is 0. The van der Waals surface area contributed by atoms with Crippen LogP contribution in [0, 0.1) is 0 Å². The molecule has 1 fully saturated rings. The van der Waals surface area contributed by atoms with Crippen molar-refractivity contribution in [2.75, 3.05) is 0 Å². The fraction of sp³-hybridized carbons (Fsp3) is 0.600. The average molecular weight is 362 g/mol. The van der Waals surface area contributed by atoms with Crippen molar-refractivity contribution >= 4 is 20.1 Å². The van der Waals surface area contributed by atoms with Gasteiger partial charge in [-0.2, -0.15) is 0 Å². The van der Waals surface area contributed by atoms with Crippen LogP contribution in [0.15, 0.2) is 30.3 Å². The summed E-state index contributed by atoms with van der Waals surface area (Å²) in [4.78, 5) is 26.1. The maximum absolute atomic E-state index is 12.7. The Hall–Kier alpha value is -1.46. The quantitative estimate of drug-likeness (QED) is 0.546. The van der Waals surface area contributed by atoms with Gasteiger partial charge in [0.05, 0.1) is 6.04 Å². The van der Waals surface area contributed by atoms with Gasteiger partial charge in [-0.05, 0) is 22.2 Å². The Morgan fingerprint density at radius 3 is 1.88 bits per heavy atom. The van der Waals surface area contributed by atoms with Gasteiger partial charge in [-0.1, -0.05) is 71.9 Å². The highest BCUT2D eigenvalue weighted by Crippen LogP contribution is 2.47. The number of carbonyl (C=O) groups is 2. The third-order valence-electron chi connectivity index (χ3n) is 5.56. The van der Waals surface area contributed by atoms with E-state index in [4.69, 9.17) is 4.43 Å². The molecular weight excluding hydrogens is 330 g/mol. The predicted octanol–water partition coefficient (Wildman–Crippen LogP) is 4.68. The van der Waals surface area contributed by atoms with Gasteiger partial charge < -0.3 is 4.43 Å². The Kier molecular flexibility index (Phi) is 5.89. The van der Waals surface area contributed by atoms with Crippen LogP contribution in [0.25, 0.3) is 0 Å². The second-order valence-corrected chi connectivity index (χ2v) is 13.3. The zero-order valence-electron chi connectivity index (χ0n) is 16.4. The Morgan fingerprint density at radius 2 is 1.48 bits per heavy atom. The Morgan fingerprint density at radius 1 is 1.00 bits per heavy atom.